The van der Waals surface area contributed by atoms with Crippen LogP contribution in [0.4, 0.5) is 0 Å². The van der Waals surface area contributed by atoms with Crippen LogP contribution >= 0.6 is 0 Å². The van der Waals surface area contributed by atoms with Gasteiger partial charge in [0.25, 0.3) is 5.56 Å². The highest BCUT2D eigenvalue weighted by atomic mass is 16.3. The number of nitrogens with zero attached hydrogens (tertiary/aromatic N) is 3. The number of furan rings is 1. The van der Waals surface area contributed by atoms with Crippen molar-refractivity contribution >= 4 is 0 Å². The second kappa shape index (κ2) is 10.1. The van der Waals surface area contributed by atoms with Crippen LogP contribution in [0.2, 0.25) is 0 Å². The van der Waals surface area contributed by atoms with Gasteiger partial charge < -0.3 is 13.6 Å². The maximum absolute atomic E-state index is 13.4. The van der Waals surface area contributed by atoms with E-state index in [2.05, 4.69) is 84.3 Å². The quantitative estimate of drug-likeness (QED) is 0.221. The molecule has 0 aliphatic rings. The first-order valence-electron chi connectivity index (χ1n) is 13.0. The third-order valence-corrected chi connectivity index (χ3v) is 7.39. The lowest BCUT2D eigenvalue weighted by atomic mass is 9.76. The summed E-state index contributed by atoms with van der Waals surface area (Å²) in [5, 5.41) is 0. The molecule has 192 valence electrons. The average molecular weight is 512 g/mol. The molecular weight excluding hydrogens is 482 g/mol. The monoisotopic (exact) mass is 511 g/mol. The van der Waals surface area contributed by atoms with Crippen molar-refractivity contribution in [3.05, 3.63) is 172 Å². The number of aromatic nitrogens is 3. The van der Waals surface area contributed by atoms with E-state index in [9.17, 15) is 4.79 Å². The molecule has 3 aromatic heterocycles. The molecule has 0 bridgehead atoms. The summed E-state index contributed by atoms with van der Waals surface area (Å²) in [6.45, 7) is 4.30. The van der Waals surface area contributed by atoms with Crippen molar-refractivity contribution in [3.63, 3.8) is 0 Å². The largest absolute Gasteiger partial charge is 0.461 e. The molecule has 0 N–H and O–H groups in total. The van der Waals surface area contributed by atoms with Crippen LogP contribution < -0.4 is 5.56 Å². The Morgan fingerprint density at radius 2 is 1.28 bits per heavy atom. The Morgan fingerprint density at radius 1 is 0.718 bits per heavy atom. The van der Waals surface area contributed by atoms with Crippen LogP contribution in [0.3, 0.4) is 0 Å². The lowest BCUT2D eigenvalue weighted by Gasteiger charge is -2.38. The number of hydrogen-bond acceptors (Lipinski definition) is 3. The smallest absolute Gasteiger partial charge is 0.261 e. The normalized spacial score (nSPS) is 11.5. The van der Waals surface area contributed by atoms with Crippen molar-refractivity contribution < 1.29 is 4.42 Å². The third-order valence-electron chi connectivity index (χ3n) is 7.39. The molecule has 3 aromatic carbocycles. The minimum atomic E-state index is -0.655. The second-order valence-corrected chi connectivity index (χ2v) is 9.72. The van der Waals surface area contributed by atoms with Crippen LogP contribution in [0.25, 0.3) is 11.3 Å². The van der Waals surface area contributed by atoms with Crippen molar-refractivity contribution in [1.82, 2.24) is 14.1 Å². The molecule has 5 nitrogen and oxygen atoms in total. The summed E-state index contributed by atoms with van der Waals surface area (Å²) in [7, 11) is 0. The van der Waals surface area contributed by atoms with Gasteiger partial charge in [0.2, 0.25) is 0 Å². The second-order valence-electron chi connectivity index (χ2n) is 9.72. The van der Waals surface area contributed by atoms with E-state index in [1.54, 1.807) is 16.8 Å². The first kappa shape index (κ1) is 24.4. The van der Waals surface area contributed by atoms with Crippen LogP contribution in [-0.2, 0) is 12.1 Å². The van der Waals surface area contributed by atoms with Crippen molar-refractivity contribution in [2.45, 2.75) is 25.9 Å². The Labute approximate surface area is 227 Å². The van der Waals surface area contributed by atoms with Crippen LogP contribution in [-0.4, -0.2) is 14.1 Å². The maximum atomic E-state index is 13.4. The fraction of sp³-hybridized carbons (Fsp3) is 0.118. The topological polar surface area (TPSA) is 53.0 Å². The van der Waals surface area contributed by atoms with Gasteiger partial charge in [0, 0.05) is 11.9 Å². The molecule has 0 aliphatic carbocycles. The molecule has 0 saturated heterocycles. The molecule has 3 heterocycles. The molecule has 0 radical (unpaired) electrons. The molecule has 0 fully saturated rings. The first-order valence-corrected chi connectivity index (χ1v) is 13.0. The summed E-state index contributed by atoms with van der Waals surface area (Å²) < 4.78 is 9.68. The van der Waals surface area contributed by atoms with Gasteiger partial charge in [-0.05, 0) is 54.8 Å². The lowest BCUT2D eigenvalue weighted by molar-refractivity contribution is 0.502. The van der Waals surface area contributed by atoms with Gasteiger partial charge in [-0.2, -0.15) is 0 Å². The average Bonchev–Trinajstić information content (AvgIpc) is 3.58. The Kier molecular flexibility index (Phi) is 6.33. The van der Waals surface area contributed by atoms with Crippen molar-refractivity contribution in [2.24, 2.45) is 0 Å². The Morgan fingerprint density at radius 3 is 1.79 bits per heavy atom. The molecule has 6 aromatic rings. The number of rotatable bonds is 7. The van der Waals surface area contributed by atoms with Gasteiger partial charge in [-0.1, -0.05) is 91.0 Å². The van der Waals surface area contributed by atoms with Crippen LogP contribution in [0, 0.1) is 13.8 Å². The van der Waals surface area contributed by atoms with E-state index < -0.39 is 5.54 Å². The van der Waals surface area contributed by atoms with Gasteiger partial charge >= 0.3 is 0 Å². The molecule has 0 amide bonds. The summed E-state index contributed by atoms with van der Waals surface area (Å²) in [6, 6.07) is 38.9. The van der Waals surface area contributed by atoms with Crippen LogP contribution in [0.1, 0.15) is 33.8 Å². The summed E-state index contributed by atoms with van der Waals surface area (Å²) in [5.74, 6) is 1.35. The fourth-order valence-electron chi connectivity index (χ4n) is 5.48. The molecule has 0 unspecified atom stereocenters. The molecule has 0 aliphatic heterocycles. The van der Waals surface area contributed by atoms with Gasteiger partial charge in [-0.25, -0.2) is 4.98 Å². The van der Waals surface area contributed by atoms with Crippen molar-refractivity contribution in [2.75, 3.05) is 0 Å². The zero-order chi connectivity index (χ0) is 26.8. The minimum Gasteiger partial charge on any atom is -0.461 e. The highest BCUT2D eigenvalue weighted by Gasteiger charge is 2.39. The Hall–Kier alpha value is -4.90. The number of benzene rings is 3. The van der Waals surface area contributed by atoms with Gasteiger partial charge in [0.1, 0.15) is 17.1 Å². The van der Waals surface area contributed by atoms with E-state index in [0.29, 0.717) is 17.9 Å². The number of imidazole rings is 1. The summed E-state index contributed by atoms with van der Waals surface area (Å²) >= 11 is 0. The molecule has 6 rings (SSSR count). The molecule has 0 saturated carbocycles. The van der Waals surface area contributed by atoms with Gasteiger partial charge in [-0.3, -0.25) is 4.79 Å². The maximum Gasteiger partial charge on any atom is 0.261 e. The Balaban J connectivity index is 1.52. The van der Waals surface area contributed by atoms with E-state index in [4.69, 9.17) is 9.40 Å². The predicted octanol–water partition coefficient (Wildman–Crippen LogP) is 6.81. The summed E-state index contributed by atoms with van der Waals surface area (Å²) in [5.41, 5.74) is 4.97. The fourth-order valence-corrected chi connectivity index (χ4v) is 5.48. The van der Waals surface area contributed by atoms with E-state index in [1.165, 1.54) is 0 Å². The summed E-state index contributed by atoms with van der Waals surface area (Å²) in [6.07, 6.45) is 3.71. The molecule has 0 atom stereocenters. The highest BCUT2D eigenvalue weighted by Crippen LogP contribution is 2.41. The summed E-state index contributed by atoms with van der Waals surface area (Å²) in [4.78, 5) is 18.3. The minimum absolute atomic E-state index is 0.110. The van der Waals surface area contributed by atoms with Crippen LogP contribution in [0.5, 0.6) is 0 Å². The van der Waals surface area contributed by atoms with E-state index in [1.807, 2.05) is 49.6 Å². The molecule has 39 heavy (non-hydrogen) atoms. The number of hydrogen-bond donors (Lipinski definition) is 0. The molecule has 5 heteroatoms. The van der Waals surface area contributed by atoms with Crippen molar-refractivity contribution in [3.8, 4) is 11.3 Å². The van der Waals surface area contributed by atoms with Crippen LogP contribution in [0.15, 0.2) is 137 Å². The van der Waals surface area contributed by atoms with E-state index >= 15 is 0 Å². The molecule has 0 spiro atoms. The van der Waals surface area contributed by atoms with Crippen molar-refractivity contribution in [1.29, 1.82) is 0 Å². The predicted molar refractivity (Wildman–Crippen MR) is 154 cm³/mol. The van der Waals surface area contributed by atoms with E-state index in [0.717, 1.165) is 33.8 Å². The SMILES string of the molecule is Cc1ccc(-c2cccn(Cc3ncn(C(c4ccccc4)(c4ccccc4)c4ccccc4)c3C)c2=O)o1. The van der Waals surface area contributed by atoms with E-state index in [-0.39, 0.29) is 5.56 Å². The lowest BCUT2D eigenvalue weighted by Crippen LogP contribution is -2.38. The highest BCUT2D eigenvalue weighted by molar-refractivity contribution is 5.56. The zero-order valence-electron chi connectivity index (χ0n) is 22.0. The number of aryl methyl sites for hydroxylation is 1. The van der Waals surface area contributed by atoms with Gasteiger partial charge in [0.15, 0.2) is 0 Å². The standard InChI is InChI=1S/C34H29N3O2/c1-25-20-21-32(39-25)30-19-12-22-36(33(30)38)23-31-26(2)37(24-35-31)34(27-13-6-3-7-14-27,28-15-8-4-9-16-28)29-17-10-5-11-18-29/h3-22,24H,23H2,1-2H3. The molecular formula is C34H29N3O2. The zero-order valence-corrected chi connectivity index (χ0v) is 22.0. The van der Waals surface area contributed by atoms with Gasteiger partial charge in [0.05, 0.1) is 24.1 Å². The first-order chi connectivity index (χ1) is 19.1. The third kappa shape index (κ3) is 4.22. The Bertz CT molecular complexity index is 1670. The number of pyridine rings is 1. The van der Waals surface area contributed by atoms with Gasteiger partial charge in [-0.15, -0.1) is 0 Å².